The maximum absolute atomic E-state index is 13.0. The molecule has 1 N–H and O–H groups in total. The second-order valence-electron chi connectivity index (χ2n) is 9.25. The zero-order chi connectivity index (χ0) is 23.1. The number of ether oxygens (including phenoxy) is 1. The molecule has 1 atom stereocenters. The van der Waals surface area contributed by atoms with Gasteiger partial charge in [-0.15, -0.1) is 0 Å². The minimum Gasteiger partial charge on any atom is -0.496 e. The minimum absolute atomic E-state index is 0.188. The standard InChI is InChI=1S/C25H36N4O3/c1-18(2)14-21-15-22(27-25(31)26-21)24(30)28(3)16-19-8-7-12-29(17-19)13-11-20-9-5-6-10-23(20)32-4/h5-6,9-10,15,18-19H,7-8,11-14,16-17H2,1-4H3,(H,26,27,31)/t19-/m1/s1. The molecule has 1 amide bonds. The Labute approximate surface area is 190 Å². The predicted molar refractivity (Wildman–Crippen MR) is 126 cm³/mol. The number of H-pyrrole nitrogens is 1. The van der Waals surface area contributed by atoms with Crippen LogP contribution in [0.25, 0.3) is 0 Å². The van der Waals surface area contributed by atoms with Gasteiger partial charge in [0, 0.05) is 32.4 Å². The number of carbonyl (C=O) groups is 1. The Balaban J connectivity index is 1.56. The minimum atomic E-state index is -0.458. The summed E-state index contributed by atoms with van der Waals surface area (Å²) < 4.78 is 5.47. The number of para-hydroxylation sites is 1. The number of piperidine rings is 1. The molecular weight excluding hydrogens is 404 g/mol. The number of hydrogen-bond donors (Lipinski definition) is 1. The van der Waals surface area contributed by atoms with E-state index in [4.69, 9.17) is 4.74 Å². The Morgan fingerprint density at radius 3 is 2.88 bits per heavy atom. The van der Waals surface area contributed by atoms with E-state index in [-0.39, 0.29) is 11.6 Å². The van der Waals surface area contributed by atoms with Crippen LogP contribution in [0.3, 0.4) is 0 Å². The Morgan fingerprint density at radius 1 is 1.34 bits per heavy atom. The summed E-state index contributed by atoms with van der Waals surface area (Å²) in [6.07, 6.45) is 3.89. The number of hydrogen-bond acceptors (Lipinski definition) is 5. The van der Waals surface area contributed by atoms with E-state index in [0.717, 1.165) is 50.3 Å². The molecule has 0 radical (unpaired) electrons. The van der Waals surface area contributed by atoms with Crippen LogP contribution in [0.1, 0.15) is 48.4 Å². The van der Waals surface area contributed by atoms with E-state index < -0.39 is 5.69 Å². The normalized spacial score (nSPS) is 16.8. The molecule has 0 aliphatic carbocycles. The van der Waals surface area contributed by atoms with Crippen LogP contribution in [0.15, 0.2) is 35.1 Å². The van der Waals surface area contributed by atoms with Crippen LogP contribution in [0.2, 0.25) is 0 Å². The third kappa shape index (κ3) is 6.66. The van der Waals surface area contributed by atoms with Crippen molar-refractivity contribution in [2.24, 2.45) is 11.8 Å². The van der Waals surface area contributed by atoms with Gasteiger partial charge in [0.05, 0.1) is 7.11 Å². The molecule has 2 heterocycles. The number of nitrogens with zero attached hydrogens (tertiary/aromatic N) is 3. The maximum atomic E-state index is 13.0. The summed E-state index contributed by atoms with van der Waals surface area (Å²) >= 11 is 0. The van der Waals surface area contributed by atoms with Crippen LogP contribution >= 0.6 is 0 Å². The third-order valence-electron chi connectivity index (χ3n) is 6.02. The molecule has 0 saturated carbocycles. The second kappa shape index (κ2) is 11.3. The average Bonchev–Trinajstić information content (AvgIpc) is 2.76. The van der Waals surface area contributed by atoms with Crippen molar-refractivity contribution in [2.45, 2.75) is 39.5 Å². The van der Waals surface area contributed by atoms with Gasteiger partial charge < -0.3 is 19.5 Å². The molecular formula is C25H36N4O3. The number of benzene rings is 1. The van der Waals surface area contributed by atoms with Crippen molar-refractivity contribution in [1.29, 1.82) is 0 Å². The van der Waals surface area contributed by atoms with E-state index in [1.165, 1.54) is 5.56 Å². The van der Waals surface area contributed by atoms with Crippen molar-refractivity contribution < 1.29 is 9.53 Å². The lowest BCUT2D eigenvalue weighted by molar-refractivity contribution is 0.0724. The highest BCUT2D eigenvalue weighted by atomic mass is 16.5. The van der Waals surface area contributed by atoms with E-state index in [1.54, 1.807) is 25.1 Å². The zero-order valence-corrected chi connectivity index (χ0v) is 19.8. The van der Waals surface area contributed by atoms with Gasteiger partial charge in [-0.2, -0.15) is 4.98 Å². The molecule has 1 aromatic heterocycles. The van der Waals surface area contributed by atoms with Crippen molar-refractivity contribution in [3.63, 3.8) is 0 Å². The van der Waals surface area contributed by atoms with Gasteiger partial charge >= 0.3 is 5.69 Å². The highest BCUT2D eigenvalue weighted by Gasteiger charge is 2.24. The monoisotopic (exact) mass is 440 g/mol. The summed E-state index contributed by atoms with van der Waals surface area (Å²) in [6.45, 7) is 7.84. The van der Waals surface area contributed by atoms with E-state index in [9.17, 15) is 9.59 Å². The number of likely N-dealkylation sites (tertiary alicyclic amines) is 1. The predicted octanol–water partition coefficient (Wildman–Crippen LogP) is 3.00. The lowest BCUT2D eigenvalue weighted by Crippen LogP contribution is -2.42. The van der Waals surface area contributed by atoms with Crippen molar-refractivity contribution in [1.82, 2.24) is 19.8 Å². The molecule has 0 bridgehead atoms. The summed E-state index contributed by atoms with van der Waals surface area (Å²) in [6, 6.07) is 9.89. The molecule has 7 heteroatoms. The van der Waals surface area contributed by atoms with Crippen molar-refractivity contribution >= 4 is 5.91 Å². The molecule has 32 heavy (non-hydrogen) atoms. The molecule has 0 unspecified atom stereocenters. The summed E-state index contributed by atoms with van der Waals surface area (Å²) in [4.78, 5) is 35.8. The van der Waals surface area contributed by atoms with Crippen LogP contribution in [0, 0.1) is 11.8 Å². The van der Waals surface area contributed by atoms with Crippen molar-refractivity contribution in [3.8, 4) is 5.75 Å². The number of aromatic amines is 1. The number of nitrogens with one attached hydrogen (secondary N) is 1. The Morgan fingerprint density at radius 2 is 2.12 bits per heavy atom. The van der Waals surface area contributed by atoms with Crippen LogP contribution in [0.4, 0.5) is 0 Å². The SMILES string of the molecule is COc1ccccc1CCN1CCC[C@H](CN(C)C(=O)c2cc(CC(C)C)[nH]c(=O)n2)C1. The number of rotatable bonds is 9. The number of aromatic nitrogens is 2. The van der Waals surface area contributed by atoms with E-state index in [0.29, 0.717) is 24.8 Å². The molecule has 174 valence electrons. The van der Waals surface area contributed by atoms with Gasteiger partial charge in [0.25, 0.3) is 5.91 Å². The lowest BCUT2D eigenvalue weighted by Gasteiger charge is -2.34. The first-order valence-corrected chi connectivity index (χ1v) is 11.6. The topological polar surface area (TPSA) is 78.5 Å². The summed E-state index contributed by atoms with van der Waals surface area (Å²) in [7, 11) is 3.52. The van der Waals surface area contributed by atoms with Gasteiger partial charge in [0.1, 0.15) is 11.4 Å². The lowest BCUT2D eigenvalue weighted by atomic mass is 9.97. The van der Waals surface area contributed by atoms with Gasteiger partial charge in [-0.05, 0) is 61.8 Å². The van der Waals surface area contributed by atoms with E-state index in [2.05, 4.69) is 34.8 Å². The third-order valence-corrected chi connectivity index (χ3v) is 6.02. The fourth-order valence-corrected chi connectivity index (χ4v) is 4.52. The molecule has 0 spiro atoms. The van der Waals surface area contributed by atoms with Crippen LogP contribution in [0.5, 0.6) is 5.75 Å². The molecule has 1 aliphatic rings. The van der Waals surface area contributed by atoms with E-state index in [1.807, 2.05) is 18.2 Å². The Hall–Kier alpha value is -2.67. The molecule has 1 saturated heterocycles. The first-order chi connectivity index (χ1) is 15.4. The molecule has 1 aromatic carbocycles. The zero-order valence-electron chi connectivity index (χ0n) is 19.8. The molecule has 7 nitrogen and oxygen atoms in total. The highest BCUT2D eigenvalue weighted by Crippen LogP contribution is 2.21. The first kappa shape index (κ1) is 24.0. The summed E-state index contributed by atoms with van der Waals surface area (Å²) in [5.74, 6) is 1.55. The largest absolute Gasteiger partial charge is 0.496 e. The van der Waals surface area contributed by atoms with Crippen LogP contribution in [-0.2, 0) is 12.8 Å². The number of amides is 1. The fourth-order valence-electron chi connectivity index (χ4n) is 4.52. The Bertz CT molecular complexity index is 956. The number of carbonyl (C=O) groups excluding carboxylic acids is 1. The quantitative estimate of drug-likeness (QED) is 0.649. The highest BCUT2D eigenvalue weighted by molar-refractivity contribution is 5.92. The van der Waals surface area contributed by atoms with Crippen molar-refractivity contribution in [2.75, 3.05) is 40.3 Å². The van der Waals surface area contributed by atoms with E-state index >= 15 is 0 Å². The summed E-state index contributed by atoms with van der Waals surface area (Å²) in [5, 5.41) is 0. The van der Waals surface area contributed by atoms with Crippen LogP contribution in [-0.4, -0.2) is 66.0 Å². The second-order valence-corrected chi connectivity index (χ2v) is 9.25. The van der Waals surface area contributed by atoms with Gasteiger partial charge in [-0.25, -0.2) is 4.79 Å². The molecule has 2 aromatic rings. The Kier molecular flexibility index (Phi) is 8.45. The van der Waals surface area contributed by atoms with Gasteiger partial charge in [0.2, 0.25) is 0 Å². The molecule has 3 rings (SSSR count). The van der Waals surface area contributed by atoms with Crippen LogP contribution < -0.4 is 10.4 Å². The average molecular weight is 441 g/mol. The molecule has 1 fully saturated rings. The fraction of sp³-hybridized carbons (Fsp3) is 0.560. The summed E-state index contributed by atoms with van der Waals surface area (Å²) in [5.41, 5.74) is 1.76. The van der Waals surface area contributed by atoms with Crippen molar-refractivity contribution in [3.05, 3.63) is 57.8 Å². The van der Waals surface area contributed by atoms with Gasteiger partial charge in [0.15, 0.2) is 0 Å². The molecule has 1 aliphatic heterocycles. The van der Waals surface area contributed by atoms with Gasteiger partial charge in [-0.1, -0.05) is 32.0 Å². The van der Waals surface area contributed by atoms with Gasteiger partial charge in [-0.3, -0.25) is 4.79 Å². The first-order valence-electron chi connectivity index (χ1n) is 11.6. The number of methoxy groups -OCH3 is 1. The maximum Gasteiger partial charge on any atom is 0.345 e. The smallest absolute Gasteiger partial charge is 0.345 e.